The Morgan fingerprint density at radius 1 is 1.48 bits per heavy atom. The van der Waals surface area contributed by atoms with Gasteiger partial charge in [0.2, 0.25) is 9.84 Å². The van der Waals surface area contributed by atoms with E-state index in [1.54, 1.807) is 12.1 Å². The molecule has 0 fully saturated rings. The maximum atomic E-state index is 12.2. The third-order valence-electron chi connectivity index (χ3n) is 2.40. The van der Waals surface area contributed by atoms with Gasteiger partial charge < -0.3 is 0 Å². The van der Waals surface area contributed by atoms with Gasteiger partial charge in [0.25, 0.3) is 0 Å². The molecule has 0 radical (unpaired) electrons. The highest BCUT2D eigenvalue weighted by Gasteiger charge is 2.22. The van der Waals surface area contributed by atoms with Gasteiger partial charge in [-0.3, -0.25) is 10.1 Å². The lowest BCUT2D eigenvalue weighted by Gasteiger charge is -2.00. The van der Waals surface area contributed by atoms with Crippen molar-refractivity contribution < 1.29 is 13.3 Å². The molecule has 9 heteroatoms. The molecule has 2 aromatic rings. The van der Waals surface area contributed by atoms with E-state index in [1.807, 2.05) is 0 Å². The van der Waals surface area contributed by atoms with Crippen molar-refractivity contribution in [1.82, 2.24) is 4.98 Å². The number of pyridine rings is 1. The summed E-state index contributed by atoms with van der Waals surface area (Å²) in [7, 11) is -4.04. The molecule has 0 aromatic carbocycles. The molecular formula is C12H7N3O4S2. The second kappa shape index (κ2) is 5.82. The number of nitriles is 1. The number of aromatic nitrogens is 1. The van der Waals surface area contributed by atoms with E-state index in [4.69, 9.17) is 5.26 Å². The van der Waals surface area contributed by atoms with Crippen LogP contribution in [-0.2, 0) is 9.84 Å². The van der Waals surface area contributed by atoms with Gasteiger partial charge in [-0.2, -0.15) is 5.26 Å². The van der Waals surface area contributed by atoms with Crippen LogP contribution in [0.1, 0.15) is 5.56 Å². The average molecular weight is 321 g/mol. The van der Waals surface area contributed by atoms with Crippen molar-refractivity contribution in [2.45, 2.75) is 5.03 Å². The minimum Gasteiger partial charge on any atom is -0.258 e. The minimum atomic E-state index is -4.04. The SMILES string of the molecule is N#C/C(=C\c1csc([N+](=O)[O-])c1)S(=O)(=O)c1ccccn1. The number of hydrogen-bond donors (Lipinski definition) is 0. The molecule has 0 aliphatic heterocycles. The first kappa shape index (κ1) is 14.8. The highest BCUT2D eigenvalue weighted by atomic mass is 32.2. The lowest BCUT2D eigenvalue weighted by Crippen LogP contribution is -2.05. The molecule has 0 unspecified atom stereocenters. The van der Waals surface area contributed by atoms with Gasteiger partial charge in [-0.15, -0.1) is 0 Å². The molecule has 106 valence electrons. The maximum absolute atomic E-state index is 12.2. The topological polar surface area (TPSA) is 114 Å². The number of sulfone groups is 1. The van der Waals surface area contributed by atoms with Crippen molar-refractivity contribution in [3.05, 3.63) is 56.4 Å². The number of nitrogens with zero attached hydrogens (tertiary/aromatic N) is 3. The largest absolute Gasteiger partial charge is 0.324 e. The number of allylic oxidation sites excluding steroid dienone is 1. The molecule has 0 amide bonds. The van der Waals surface area contributed by atoms with E-state index in [2.05, 4.69) is 4.98 Å². The van der Waals surface area contributed by atoms with E-state index < -0.39 is 19.7 Å². The summed E-state index contributed by atoms with van der Waals surface area (Å²) in [6, 6.07) is 7.12. The summed E-state index contributed by atoms with van der Waals surface area (Å²) < 4.78 is 24.4. The lowest BCUT2D eigenvalue weighted by atomic mass is 10.3. The van der Waals surface area contributed by atoms with Gasteiger partial charge in [0, 0.05) is 17.6 Å². The van der Waals surface area contributed by atoms with E-state index >= 15 is 0 Å². The van der Waals surface area contributed by atoms with E-state index in [1.165, 1.54) is 29.8 Å². The van der Waals surface area contributed by atoms with Crippen LogP contribution in [-0.4, -0.2) is 18.3 Å². The van der Waals surface area contributed by atoms with Crippen LogP contribution in [0.4, 0.5) is 5.00 Å². The normalized spacial score (nSPS) is 11.9. The summed E-state index contributed by atoms with van der Waals surface area (Å²) in [6.07, 6.45) is 2.39. The van der Waals surface area contributed by atoms with Crippen LogP contribution in [0.25, 0.3) is 6.08 Å². The van der Waals surface area contributed by atoms with Crippen molar-refractivity contribution in [2.75, 3.05) is 0 Å². The molecule has 2 heterocycles. The minimum absolute atomic E-state index is 0.131. The smallest absolute Gasteiger partial charge is 0.258 e. The number of hydrogen-bond acceptors (Lipinski definition) is 7. The zero-order valence-corrected chi connectivity index (χ0v) is 12.0. The number of rotatable bonds is 4. The Balaban J connectivity index is 2.46. The fraction of sp³-hybridized carbons (Fsp3) is 0. The Labute approximate surface area is 123 Å². The van der Waals surface area contributed by atoms with E-state index in [-0.39, 0.29) is 15.6 Å². The molecule has 0 saturated heterocycles. The molecule has 0 spiro atoms. The van der Waals surface area contributed by atoms with Gasteiger partial charge in [-0.1, -0.05) is 17.4 Å². The van der Waals surface area contributed by atoms with Crippen molar-refractivity contribution in [3.63, 3.8) is 0 Å². The summed E-state index contributed by atoms with van der Waals surface area (Å²) in [6.45, 7) is 0. The fourth-order valence-corrected chi connectivity index (χ4v) is 3.23. The summed E-state index contributed by atoms with van der Waals surface area (Å²) in [5.41, 5.74) is 0.280. The third kappa shape index (κ3) is 3.13. The molecule has 2 aromatic heterocycles. The van der Waals surface area contributed by atoms with Crippen molar-refractivity contribution in [2.24, 2.45) is 0 Å². The molecule has 0 saturated carbocycles. The summed E-state index contributed by atoms with van der Waals surface area (Å²) in [5, 5.41) is 20.7. The first-order chi connectivity index (χ1) is 9.95. The van der Waals surface area contributed by atoms with Gasteiger partial charge in [-0.05, 0) is 23.8 Å². The van der Waals surface area contributed by atoms with Crippen LogP contribution in [0.2, 0.25) is 0 Å². The Morgan fingerprint density at radius 3 is 2.76 bits per heavy atom. The van der Waals surface area contributed by atoms with E-state index in [0.717, 1.165) is 17.4 Å². The van der Waals surface area contributed by atoms with Crippen LogP contribution in [0, 0.1) is 21.4 Å². The number of thiophene rings is 1. The average Bonchev–Trinajstić information content (AvgIpc) is 2.94. The Hall–Kier alpha value is -2.57. The fourth-order valence-electron chi connectivity index (χ4n) is 1.45. The highest BCUT2D eigenvalue weighted by molar-refractivity contribution is 7.95. The van der Waals surface area contributed by atoms with Crippen LogP contribution in [0.5, 0.6) is 0 Å². The monoisotopic (exact) mass is 321 g/mol. The highest BCUT2D eigenvalue weighted by Crippen LogP contribution is 2.26. The quantitative estimate of drug-likeness (QED) is 0.485. The molecule has 7 nitrogen and oxygen atoms in total. The molecule has 0 bridgehead atoms. The molecule has 0 atom stereocenters. The van der Waals surface area contributed by atoms with E-state index in [0.29, 0.717) is 0 Å². The van der Waals surface area contributed by atoms with Gasteiger partial charge in [-0.25, -0.2) is 13.4 Å². The number of nitro groups is 1. The molecule has 2 rings (SSSR count). The van der Waals surface area contributed by atoms with Crippen LogP contribution >= 0.6 is 11.3 Å². The van der Waals surface area contributed by atoms with Crippen LogP contribution in [0.15, 0.2) is 45.8 Å². The van der Waals surface area contributed by atoms with Gasteiger partial charge in [0.05, 0.1) is 4.92 Å². The molecule has 21 heavy (non-hydrogen) atoms. The molecule has 0 aliphatic rings. The van der Waals surface area contributed by atoms with Gasteiger partial charge in [0.1, 0.15) is 6.07 Å². The second-order valence-corrected chi connectivity index (χ2v) is 6.52. The maximum Gasteiger partial charge on any atom is 0.324 e. The van der Waals surface area contributed by atoms with Gasteiger partial charge in [0.15, 0.2) is 9.93 Å². The van der Waals surface area contributed by atoms with E-state index in [9.17, 15) is 18.5 Å². The van der Waals surface area contributed by atoms with Crippen LogP contribution in [0.3, 0.4) is 0 Å². The molecule has 0 N–H and O–H groups in total. The summed E-state index contributed by atoms with van der Waals surface area (Å²) in [4.78, 5) is 13.2. The van der Waals surface area contributed by atoms with Crippen molar-refractivity contribution >= 4 is 32.3 Å². The predicted octanol–water partition coefficient (Wildman–Crippen LogP) is 2.39. The standard InChI is InChI=1S/C12H7N3O4S2/c13-7-10(5-9-6-12(15(16)17)20-8-9)21(18,19)11-3-1-2-4-14-11/h1-6,8H/b10-5+. The Bertz CT molecular complexity index is 848. The van der Waals surface area contributed by atoms with Gasteiger partial charge >= 0.3 is 5.00 Å². The Kier molecular flexibility index (Phi) is 4.11. The van der Waals surface area contributed by atoms with Crippen LogP contribution < -0.4 is 0 Å². The summed E-state index contributed by atoms with van der Waals surface area (Å²) >= 11 is 0.853. The van der Waals surface area contributed by atoms with Crippen molar-refractivity contribution in [3.8, 4) is 6.07 Å². The summed E-state index contributed by atoms with van der Waals surface area (Å²) in [5.74, 6) is 0. The van der Waals surface area contributed by atoms with Crippen molar-refractivity contribution in [1.29, 1.82) is 5.26 Å². The predicted molar refractivity (Wildman–Crippen MR) is 76.0 cm³/mol. The Morgan fingerprint density at radius 2 is 2.24 bits per heavy atom. The lowest BCUT2D eigenvalue weighted by molar-refractivity contribution is -0.380. The zero-order chi connectivity index (χ0) is 15.5. The first-order valence-corrected chi connectivity index (χ1v) is 7.82. The zero-order valence-electron chi connectivity index (χ0n) is 10.3. The first-order valence-electron chi connectivity index (χ1n) is 5.46. The second-order valence-electron chi connectivity index (χ2n) is 3.77. The third-order valence-corrected chi connectivity index (χ3v) is 4.88. The molecular weight excluding hydrogens is 314 g/mol. The molecule has 0 aliphatic carbocycles.